The second kappa shape index (κ2) is 8.65. The molecule has 0 fully saturated rings. The van der Waals surface area contributed by atoms with E-state index in [0.29, 0.717) is 30.3 Å². The molecule has 1 aliphatic rings. The number of benzene rings is 1. The summed E-state index contributed by atoms with van der Waals surface area (Å²) >= 11 is 0. The minimum atomic E-state index is -2.58. The fourth-order valence-corrected chi connectivity index (χ4v) is 3.01. The van der Waals surface area contributed by atoms with Crippen LogP contribution in [0.5, 0.6) is 11.5 Å². The maximum atomic E-state index is 10.6. The molecule has 1 N–H and O–H groups in total. The van der Waals surface area contributed by atoms with Gasteiger partial charge in [0.15, 0.2) is 11.5 Å². The SMILES string of the molecule is COc1cc2ncnc(N3C=CC=C(CCN[SH](=O)=O)C=C3)c2cc1OC. The summed E-state index contributed by atoms with van der Waals surface area (Å²) in [6, 6.07) is 3.66. The van der Waals surface area contributed by atoms with Gasteiger partial charge < -0.3 is 14.4 Å². The second-order valence-electron chi connectivity index (χ2n) is 5.64. The van der Waals surface area contributed by atoms with Gasteiger partial charge >= 0.3 is 0 Å². The van der Waals surface area contributed by atoms with Crippen molar-refractivity contribution in [2.75, 3.05) is 25.7 Å². The van der Waals surface area contributed by atoms with Crippen molar-refractivity contribution >= 4 is 27.6 Å². The molecule has 2 heterocycles. The third-order valence-electron chi connectivity index (χ3n) is 4.02. The van der Waals surface area contributed by atoms with Crippen molar-refractivity contribution in [2.24, 2.45) is 0 Å². The highest BCUT2D eigenvalue weighted by Gasteiger charge is 2.14. The minimum absolute atomic E-state index is 0.357. The van der Waals surface area contributed by atoms with E-state index >= 15 is 0 Å². The number of anilines is 1. The zero-order valence-corrected chi connectivity index (χ0v) is 15.8. The first-order valence-electron chi connectivity index (χ1n) is 8.21. The molecule has 0 unspecified atom stereocenters. The average molecular weight is 388 g/mol. The molecule has 0 amide bonds. The number of fused-ring (bicyclic) bond motifs is 1. The molecule has 9 heteroatoms. The first-order valence-corrected chi connectivity index (χ1v) is 9.38. The maximum absolute atomic E-state index is 10.6. The maximum Gasteiger partial charge on any atom is 0.201 e. The van der Waals surface area contributed by atoms with Gasteiger partial charge in [0.25, 0.3) is 0 Å². The summed E-state index contributed by atoms with van der Waals surface area (Å²) in [6.45, 7) is 0.357. The van der Waals surface area contributed by atoms with Crippen LogP contribution < -0.4 is 19.1 Å². The van der Waals surface area contributed by atoms with Gasteiger partial charge in [0.05, 0.1) is 19.7 Å². The largest absolute Gasteiger partial charge is 0.493 e. The first kappa shape index (κ1) is 18.9. The van der Waals surface area contributed by atoms with Crippen LogP contribution in [0, 0.1) is 0 Å². The highest BCUT2D eigenvalue weighted by Crippen LogP contribution is 2.35. The van der Waals surface area contributed by atoms with Crippen LogP contribution in [-0.4, -0.2) is 39.2 Å². The van der Waals surface area contributed by atoms with E-state index in [1.807, 2.05) is 47.7 Å². The normalized spacial score (nSPS) is 13.7. The van der Waals surface area contributed by atoms with Gasteiger partial charge in [0.2, 0.25) is 10.9 Å². The summed E-state index contributed by atoms with van der Waals surface area (Å²) in [5.74, 6) is 1.90. The molecule has 0 spiro atoms. The van der Waals surface area contributed by atoms with Crippen LogP contribution in [-0.2, 0) is 10.9 Å². The van der Waals surface area contributed by atoms with Gasteiger partial charge in [-0.2, -0.15) is 0 Å². The van der Waals surface area contributed by atoms with Crippen molar-refractivity contribution in [1.29, 1.82) is 0 Å². The van der Waals surface area contributed by atoms with Crippen LogP contribution in [0.3, 0.4) is 0 Å². The van der Waals surface area contributed by atoms with E-state index in [2.05, 4.69) is 14.7 Å². The summed E-state index contributed by atoms with van der Waals surface area (Å²) in [6.07, 6.45) is 11.6. The molecule has 1 aromatic carbocycles. The number of nitrogens with one attached hydrogen (secondary N) is 1. The van der Waals surface area contributed by atoms with E-state index in [4.69, 9.17) is 9.47 Å². The van der Waals surface area contributed by atoms with Crippen LogP contribution >= 0.6 is 0 Å². The second-order valence-corrected chi connectivity index (χ2v) is 6.47. The summed E-state index contributed by atoms with van der Waals surface area (Å²) in [7, 11) is 0.586. The number of methoxy groups -OCH3 is 2. The zero-order chi connectivity index (χ0) is 19.2. The third kappa shape index (κ3) is 4.44. The number of nitrogens with zero attached hydrogens (tertiary/aromatic N) is 3. The first-order chi connectivity index (χ1) is 13.1. The van der Waals surface area contributed by atoms with E-state index < -0.39 is 10.9 Å². The van der Waals surface area contributed by atoms with Crippen LogP contribution in [0.25, 0.3) is 10.9 Å². The molecule has 0 saturated heterocycles. The lowest BCUT2D eigenvalue weighted by atomic mass is 10.2. The summed E-state index contributed by atoms with van der Waals surface area (Å²) in [5, 5.41) is 0.818. The Bertz CT molecular complexity index is 990. The number of thiol groups is 1. The predicted molar refractivity (Wildman–Crippen MR) is 104 cm³/mol. The van der Waals surface area contributed by atoms with E-state index in [-0.39, 0.29) is 0 Å². The predicted octanol–water partition coefficient (Wildman–Crippen LogP) is 1.93. The number of hydrogen-bond acceptors (Lipinski definition) is 7. The van der Waals surface area contributed by atoms with Crippen molar-refractivity contribution in [1.82, 2.24) is 14.7 Å². The number of aromatic nitrogens is 2. The molecule has 1 aromatic heterocycles. The Balaban J connectivity index is 1.89. The van der Waals surface area contributed by atoms with Crippen LogP contribution in [0.2, 0.25) is 0 Å². The molecule has 3 rings (SSSR count). The highest BCUT2D eigenvalue weighted by molar-refractivity contribution is 7.70. The van der Waals surface area contributed by atoms with Crippen molar-refractivity contribution in [3.05, 3.63) is 54.7 Å². The molecule has 2 aromatic rings. The smallest absolute Gasteiger partial charge is 0.201 e. The van der Waals surface area contributed by atoms with Gasteiger partial charge in [-0.05, 0) is 30.2 Å². The van der Waals surface area contributed by atoms with Crippen molar-refractivity contribution < 1.29 is 17.9 Å². The number of rotatable bonds is 7. The molecule has 0 bridgehead atoms. The Morgan fingerprint density at radius 1 is 1.11 bits per heavy atom. The number of allylic oxidation sites excluding steroid dienone is 3. The van der Waals surface area contributed by atoms with Gasteiger partial charge in [-0.3, -0.25) is 0 Å². The average Bonchev–Trinajstić information content (AvgIpc) is 2.91. The molecule has 142 valence electrons. The Kier molecular flexibility index (Phi) is 6.05. The molecule has 0 saturated carbocycles. The lowest BCUT2D eigenvalue weighted by Gasteiger charge is -2.17. The lowest BCUT2D eigenvalue weighted by molar-refractivity contribution is 0.356. The van der Waals surface area contributed by atoms with Crippen LogP contribution in [0.15, 0.2) is 54.7 Å². The van der Waals surface area contributed by atoms with Crippen molar-refractivity contribution in [3.8, 4) is 11.5 Å². The van der Waals surface area contributed by atoms with Gasteiger partial charge in [0, 0.05) is 30.4 Å². The Morgan fingerprint density at radius 2 is 1.89 bits per heavy atom. The van der Waals surface area contributed by atoms with Gasteiger partial charge in [-0.1, -0.05) is 6.08 Å². The molecule has 1 aliphatic heterocycles. The molecule has 8 nitrogen and oxygen atoms in total. The Hall–Kier alpha value is -2.91. The molecule has 0 atom stereocenters. The number of ether oxygens (including phenoxy) is 2. The van der Waals surface area contributed by atoms with Crippen molar-refractivity contribution in [2.45, 2.75) is 6.42 Å². The van der Waals surface area contributed by atoms with Crippen LogP contribution in [0.1, 0.15) is 6.42 Å². The topological polar surface area (TPSA) is 93.7 Å². The minimum Gasteiger partial charge on any atom is -0.493 e. The standard InChI is InChI=1S/C18H20N4O4S/c1-25-16-10-14-15(11-17(16)26-2)19-12-20-18(14)22-8-3-4-13(6-9-22)5-7-21-27(23)24/h3-4,6,8-12,27H,5,7H2,1-2H3,(H,21,23,24). The van der Waals surface area contributed by atoms with E-state index in [1.165, 1.54) is 6.33 Å². The van der Waals surface area contributed by atoms with Crippen LogP contribution in [0.4, 0.5) is 5.82 Å². The molecule has 27 heavy (non-hydrogen) atoms. The Morgan fingerprint density at radius 3 is 2.63 bits per heavy atom. The summed E-state index contributed by atoms with van der Waals surface area (Å²) in [5.41, 5.74) is 1.73. The van der Waals surface area contributed by atoms with Crippen molar-refractivity contribution in [3.63, 3.8) is 0 Å². The Labute approximate surface area is 158 Å². The van der Waals surface area contributed by atoms with E-state index in [1.54, 1.807) is 14.2 Å². The fraction of sp³-hybridized carbons (Fsp3) is 0.222. The summed E-state index contributed by atoms with van der Waals surface area (Å²) in [4.78, 5) is 10.6. The quantitative estimate of drug-likeness (QED) is 0.700. The number of hydrogen-bond donors (Lipinski definition) is 2. The van der Waals surface area contributed by atoms with Gasteiger partial charge in [-0.15, -0.1) is 0 Å². The zero-order valence-electron chi connectivity index (χ0n) is 15.0. The molecule has 0 radical (unpaired) electrons. The fourth-order valence-electron chi connectivity index (χ4n) is 2.72. The van der Waals surface area contributed by atoms with E-state index in [0.717, 1.165) is 16.5 Å². The molecular formula is C18H20N4O4S. The van der Waals surface area contributed by atoms with Gasteiger partial charge in [-0.25, -0.2) is 23.1 Å². The van der Waals surface area contributed by atoms with E-state index in [9.17, 15) is 8.42 Å². The lowest BCUT2D eigenvalue weighted by Crippen LogP contribution is -2.13. The monoisotopic (exact) mass is 388 g/mol. The summed E-state index contributed by atoms with van der Waals surface area (Å²) < 4.78 is 34.3. The molecule has 0 aliphatic carbocycles. The third-order valence-corrected chi connectivity index (χ3v) is 4.51. The molecular weight excluding hydrogens is 368 g/mol. The van der Waals surface area contributed by atoms with Gasteiger partial charge in [0.1, 0.15) is 12.1 Å². The highest BCUT2D eigenvalue weighted by atomic mass is 32.2.